The van der Waals surface area contributed by atoms with Gasteiger partial charge in [-0.15, -0.1) is 0 Å². The van der Waals surface area contributed by atoms with Crippen LogP contribution in [0.4, 0.5) is 17.3 Å². The molecule has 6 rings (SSSR count). The predicted molar refractivity (Wildman–Crippen MR) is 134 cm³/mol. The zero-order valence-electron chi connectivity index (χ0n) is 19.0. The highest BCUT2D eigenvalue weighted by Gasteiger charge is 2.58. The summed E-state index contributed by atoms with van der Waals surface area (Å²) in [4.78, 5) is 25.3. The second-order valence-corrected chi connectivity index (χ2v) is 9.85. The van der Waals surface area contributed by atoms with Crippen molar-refractivity contribution in [3.05, 3.63) is 77.5 Å². The van der Waals surface area contributed by atoms with Crippen LogP contribution < -0.4 is 21.0 Å². The molecule has 0 bridgehead atoms. The molecule has 1 unspecified atom stereocenters. The molecule has 1 amide bonds. The highest BCUT2D eigenvalue weighted by molar-refractivity contribution is 7.99. The maximum absolute atomic E-state index is 12.5. The normalized spacial score (nSPS) is 20.0. The van der Waals surface area contributed by atoms with Gasteiger partial charge >= 0.3 is 0 Å². The van der Waals surface area contributed by atoms with Gasteiger partial charge in [0.05, 0.1) is 0 Å². The Morgan fingerprint density at radius 3 is 2.44 bits per heavy atom. The maximum Gasteiger partial charge on any atom is 0.255 e. The number of fused-ring (bicyclic) bond motifs is 1. The zero-order chi connectivity index (χ0) is 23.3. The van der Waals surface area contributed by atoms with Crippen molar-refractivity contribution in [2.75, 3.05) is 28.6 Å². The van der Waals surface area contributed by atoms with Crippen LogP contribution in [0.3, 0.4) is 0 Å². The van der Waals surface area contributed by atoms with E-state index in [1.54, 1.807) is 0 Å². The second-order valence-electron chi connectivity index (χ2n) is 8.81. The molecule has 0 radical (unpaired) electrons. The van der Waals surface area contributed by atoms with E-state index in [0.29, 0.717) is 10.7 Å². The van der Waals surface area contributed by atoms with E-state index in [9.17, 15) is 4.79 Å². The molecule has 0 aliphatic carbocycles. The smallest absolute Gasteiger partial charge is 0.255 e. The van der Waals surface area contributed by atoms with E-state index in [4.69, 9.17) is 9.97 Å². The number of aryl methyl sites for hydroxylation is 1. The van der Waals surface area contributed by atoms with Gasteiger partial charge < -0.3 is 15.5 Å². The third-order valence-corrected chi connectivity index (χ3v) is 7.05. The number of carbonyl (C=O) groups excluding carboxylic acids is 1. The van der Waals surface area contributed by atoms with Crippen LogP contribution in [-0.4, -0.2) is 39.8 Å². The van der Waals surface area contributed by atoms with Crippen molar-refractivity contribution < 1.29 is 4.79 Å². The standard InChI is InChI=1S/C25H25N7OS/c1-16-4-6-18(7-5-16)23(33)26-19-8-10-20(11-9-19)34-24-27-21(14-22(28-24)31-12-3-13-31)29-25-15-17(2)32(25)30-25/h4-11,14-15,30H,3,12-13H2,1-2H3,(H,26,33)(H,27,28,29). The molecule has 0 spiro atoms. The summed E-state index contributed by atoms with van der Waals surface area (Å²) < 4.78 is 0. The van der Waals surface area contributed by atoms with Gasteiger partial charge in [0.1, 0.15) is 11.6 Å². The predicted octanol–water partition coefficient (Wildman–Crippen LogP) is 4.20. The van der Waals surface area contributed by atoms with Crippen molar-refractivity contribution >= 4 is 35.0 Å². The van der Waals surface area contributed by atoms with E-state index in [1.807, 2.05) is 61.5 Å². The van der Waals surface area contributed by atoms with Crippen LogP contribution in [-0.2, 0) is 0 Å². The average molecular weight is 472 g/mol. The van der Waals surface area contributed by atoms with Crippen molar-refractivity contribution in [1.29, 1.82) is 0 Å². The molecule has 2 aromatic carbocycles. The summed E-state index contributed by atoms with van der Waals surface area (Å²) in [7, 11) is 0. The summed E-state index contributed by atoms with van der Waals surface area (Å²) in [5.74, 6) is 1.31. The summed E-state index contributed by atoms with van der Waals surface area (Å²) in [6.45, 7) is 6.11. The molecule has 3 aliphatic heterocycles. The first kappa shape index (κ1) is 21.0. The van der Waals surface area contributed by atoms with Gasteiger partial charge in [0.2, 0.25) is 5.79 Å². The summed E-state index contributed by atoms with van der Waals surface area (Å²) in [5, 5.41) is 9.19. The van der Waals surface area contributed by atoms with Crippen LogP contribution in [0.25, 0.3) is 0 Å². The number of nitrogens with one attached hydrogen (secondary N) is 3. The zero-order valence-corrected chi connectivity index (χ0v) is 19.8. The summed E-state index contributed by atoms with van der Waals surface area (Å²) >= 11 is 1.51. The summed E-state index contributed by atoms with van der Waals surface area (Å²) in [6, 6.07) is 17.3. The number of benzene rings is 2. The van der Waals surface area contributed by atoms with Crippen LogP contribution in [0.1, 0.15) is 29.3 Å². The molecule has 8 nitrogen and oxygen atoms in total. The second kappa shape index (κ2) is 8.03. The van der Waals surface area contributed by atoms with Crippen LogP contribution in [0.2, 0.25) is 0 Å². The van der Waals surface area contributed by atoms with Gasteiger partial charge in [0, 0.05) is 47.1 Å². The number of hydrogen-bond acceptors (Lipinski definition) is 8. The van der Waals surface area contributed by atoms with Gasteiger partial charge in [-0.05, 0) is 68.4 Å². The van der Waals surface area contributed by atoms with Crippen molar-refractivity contribution in [2.45, 2.75) is 36.1 Å². The van der Waals surface area contributed by atoms with E-state index in [1.165, 1.54) is 23.9 Å². The molecule has 2 saturated heterocycles. The first-order chi connectivity index (χ1) is 16.5. The molecule has 3 aliphatic rings. The molecule has 3 aromatic rings. The topological polar surface area (TPSA) is 95.1 Å². The van der Waals surface area contributed by atoms with Crippen molar-refractivity contribution in [2.24, 2.45) is 0 Å². The van der Waals surface area contributed by atoms with Crippen LogP contribution in [0, 0.1) is 6.92 Å². The molecule has 4 heterocycles. The Morgan fingerprint density at radius 1 is 1.06 bits per heavy atom. The number of hydrogen-bond donors (Lipinski definition) is 3. The largest absolute Gasteiger partial charge is 0.356 e. The van der Waals surface area contributed by atoms with Crippen molar-refractivity contribution in [1.82, 2.24) is 20.4 Å². The Balaban J connectivity index is 1.16. The Kier molecular flexibility index (Phi) is 4.96. The Morgan fingerprint density at radius 2 is 1.82 bits per heavy atom. The van der Waals surface area contributed by atoms with E-state index >= 15 is 0 Å². The number of anilines is 3. The molecule has 1 aromatic heterocycles. The van der Waals surface area contributed by atoms with Crippen LogP contribution in [0.5, 0.6) is 0 Å². The fourth-order valence-electron chi connectivity index (χ4n) is 4.07. The molecular formula is C25H25N7OS. The number of amides is 1. The Bertz CT molecular complexity index is 1290. The van der Waals surface area contributed by atoms with Gasteiger partial charge in [-0.1, -0.05) is 17.7 Å². The number of carbonyl (C=O) groups is 1. The minimum absolute atomic E-state index is 0.121. The van der Waals surface area contributed by atoms with E-state index in [0.717, 1.165) is 40.9 Å². The highest BCUT2D eigenvalue weighted by atomic mass is 32.2. The molecule has 9 heteroatoms. The number of aromatic nitrogens is 2. The van der Waals surface area contributed by atoms with Crippen LogP contribution in [0.15, 0.2) is 76.4 Å². The SMILES string of the molecule is CC1=CC2(Nc3cc(N4CCC4)nc(Sc4ccc(NC(=O)c5ccc(C)cc5)cc4)n3)NN12. The minimum atomic E-state index is -0.302. The molecule has 172 valence electrons. The lowest BCUT2D eigenvalue weighted by Gasteiger charge is -2.32. The molecule has 3 N–H and O–H groups in total. The van der Waals surface area contributed by atoms with Gasteiger partial charge in [-0.2, -0.15) is 5.43 Å². The average Bonchev–Trinajstić information content (AvgIpc) is 3.38. The maximum atomic E-state index is 12.5. The van der Waals surface area contributed by atoms with Gasteiger partial charge in [-0.3, -0.25) is 9.80 Å². The quantitative estimate of drug-likeness (QED) is 0.349. The lowest BCUT2D eigenvalue weighted by molar-refractivity contribution is 0.102. The number of rotatable bonds is 7. The van der Waals surface area contributed by atoms with Crippen LogP contribution >= 0.6 is 11.8 Å². The van der Waals surface area contributed by atoms with Gasteiger partial charge in [-0.25, -0.2) is 9.97 Å². The monoisotopic (exact) mass is 471 g/mol. The lowest BCUT2D eigenvalue weighted by atomic mass is 10.1. The van der Waals surface area contributed by atoms with Crippen molar-refractivity contribution in [3.63, 3.8) is 0 Å². The highest BCUT2D eigenvalue weighted by Crippen LogP contribution is 2.42. The molecule has 34 heavy (non-hydrogen) atoms. The number of allylic oxidation sites excluding steroid dienone is 1. The van der Waals surface area contributed by atoms with E-state index in [-0.39, 0.29) is 11.7 Å². The first-order valence-electron chi connectivity index (χ1n) is 11.3. The molecular weight excluding hydrogens is 446 g/mol. The van der Waals surface area contributed by atoms with E-state index in [2.05, 4.69) is 39.0 Å². The molecule has 2 fully saturated rings. The third-order valence-electron chi connectivity index (χ3n) is 6.18. The van der Waals surface area contributed by atoms with Gasteiger partial charge in [0.25, 0.3) is 5.91 Å². The fraction of sp³-hybridized carbons (Fsp3) is 0.240. The number of nitrogens with zero attached hydrogens (tertiary/aromatic N) is 4. The fourth-order valence-corrected chi connectivity index (χ4v) is 4.84. The number of hydrazine groups is 1. The lowest BCUT2D eigenvalue weighted by Crippen LogP contribution is -2.38. The Labute approximate surface area is 202 Å². The van der Waals surface area contributed by atoms with E-state index < -0.39 is 0 Å². The van der Waals surface area contributed by atoms with Gasteiger partial charge in [0.15, 0.2) is 5.16 Å². The summed E-state index contributed by atoms with van der Waals surface area (Å²) in [6.07, 6.45) is 3.33. The minimum Gasteiger partial charge on any atom is -0.356 e. The first-order valence-corrected chi connectivity index (χ1v) is 12.1. The Hall–Kier alpha value is -3.56. The molecule has 0 saturated carbocycles. The molecule has 1 atom stereocenters. The summed E-state index contributed by atoms with van der Waals surface area (Å²) in [5.41, 5.74) is 7.03. The van der Waals surface area contributed by atoms with Crippen molar-refractivity contribution in [3.8, 4) is 0 Å². The third kappa shape index (κ3) is 3.97.